The van der Waals surface area contributed by atoms with E-state index in [9.17, 15) is 0 Å². The first-order chi connectivity index (χ1) is 9.26. The molecule has 1 saturated heterocycles. The Kier molecular flexibility index (Phi) is 3.90. The Balaban J connectivity index is 1.69. The molecular weight excluding hydrogens is 232 g/mol. The van der Waals surface area contributed by atoms with Crippen LogP contribution in [0.25, 0.3) is 0 Å². The number of nitrogens with zero attached hydrogens (tertiary/aromatic N) is 1. The molecular formula is C17H26N2. The molecule has 2 unspecified atom stereocenters. The smallest absolute Gasteiger partial charge is 0.0236 e. The summed E-state index contributed by atoms with van der Waals surface area (Å²) >= 11 is 0. The van der Waals surface area contributed by atoms with Gasteiger partial charge in [0.05, 0.1) is 0 Å². The molecule has 1 aliphatic carbocycles. The molecule has 0 aromatic heterocycles. The van der Waals surface area contributed by atoms with Gasteiger partial charge >= 0.3 is 0 Å². The number of piperidine rings is 1. The fourth-order valence-electron chi connectivity index (χ4n) is 3.63. The fourth-order valence-corrected chi connectivity index (χ4v) is 3.63. The summed E-state index contributed by atoms with van der Waals surface area (Å²) in [4.78, 5) is 2.62. The van der Waals surface area contributed by atoms with Crippen LogP contribution in [0.5, 0.6) is 0 Å². The highest BCUT2D eigenvalue weighted by atomic mass is 15.2. The predicted molar refractivity (Wildman–Crippen MR) is 80.1 cm³/mol. The molecule has 3 rings (SSSR count). The predicted octanol–water partition coefficient (Wildman–Crippen LogP) is 2.73. The Morgan fingerprint density at radius 1 is 1.21 bits per heavy atom. The zero-order valence-electron chi connectivity index (χ0n) is 12.1. The first-order valence-corrected chi connectivity index (χ1v) is 7.81. The quantitative estimate of drug-likeness (QED) is 0.903. The Labute approximate surface area is 117 Å². The molecule has 0 bridgehead atoms. The summed E-state index contributed by atoms with van der Waals surface area (Å²) in [6.07, 6.45) is 6.51. The Hall–Kier alpha value is -0.860. The van der Waals surface area contributed by atoms with Gasteiger partial charge in [-0.25, -0.2) is 0 Å². The Morgan fingerprint density at radius 2 is 2.05 bits per heavy atom. The molecule has 2 aliphatic rings. The van der Waals surface area contributed by atoms with E-state index in [-0.39, 0.29) is 0 Å². The Morgan fingerprint density at radius 3 is 2.89 bits per heavy atom. The van der Waals surface area contributed by atoms with Crippen LogP contribution in [0.15, 0.2) is 18.2 Å². The lowest BCUT2D eigenvalue weighted by molar-refractivity contribution is 0.113. The van der Waals surface area contributed by atoms with E-state index < -0.39 is 0 Å². The molecule has 1 fully saturated rings. The molecule has 2 nitrogen and oxygen atoms in total. The van der Waals surface area contributed by atoms with Gasteiger partial charge in [-0.1, -0.05) is 18.2 Å². The van der Waals surface area contributed by atoms with Crippen LogP contribution in [-0.2, 0) is 19.4 Å². The van der Waals surface area contributed by atoms with Gasteiger partial charge in [0.2, 0.25) is 0 Å². The summed E-state index contributed by atoms with van der Waals surface area (Å²) in [5.74, 6) is 0.700. The third-order valence-electron chi connectivity index (χ3n) is 4.99. The van der Waals surface area contributed by atoms with Crippen molar-refractivity contribution in [2.45, 2.75) is 51.6 Å². The second-order valence-corrected chi connectivity index (χ2v) is 6.41. The van der Waals surface area contributed by atoms with E-state index in [1.807, 2.05) is 0 Å². The minimum absolute atomic E-state index is 0.700. The van der Waals surface area contributed by atoms with Gasteiger partial charge in [-0.15, -0.1) is 0 Å². The number of aryl methyl sites for hydroxylation is 2. The molecule has 0 radical (unpaired) electrons. The number of hydrogen-bond acceptors (Lipinski definition) is 2. The Bertz CT molecular complexity index is 441. The zero-order valence-corrected chi connectivity index (χ0v) is 12.1. The number of benzene rings is 1. The minimum atomic E-state index is 0.700. The van der Waals surface area contributed by atoms with Gasteiger partial charge in [0.1, 0.15) is 0 Å². The molecule has 2 N–H and O–H groups in total. The summed E-state index contributed by atoms with van der Waals surface area (Å²) in [6, 6.07) is 7.84. The van der Waals surface area contributed by atoms with Gasteiger partial charge in [0.15, 0.2) is 0 Å². The zero-order chi connectivity index (χ0) is 13.2. The number of rotatable bonds is 3. The van der Waals surface area contributed by atoms with Crippen LogP contribution in [-0.4, -0.2) is 24.0 Å². The highest BCUT2D eigenvalue weighted by Gasteiger charge is 2.24. The average Bonchev–Trinajstić information content (AvgIpc) is 2.89. The van der Waals surface area contributed by atoms with Crippen LogP contribution in [0.2, 0.25) is 0 Å². The molecule has 19 heavy (non-hydrogen) atoms. The van der Waals surface area contributed by atoms with Gasteiger partial charge < -0.3 is 5.73 Å². The second kappa shape index (κ2) is 5.64. The monoisotopic (exact) mass is 258 g/mol. The molecule has 1 aromatic rings. The molecule has 0 amide bonds. The van der Waals surface area contributed by atoms with Crippen molar-refractivity contribution < 1.29 is 0 Å². The normalized spacial score (nSPS) is 27.5. The molecule has 2 heteroatoms. The standard InChI is InChI=1S/C17H26N2/c1-13-5-6-15(10-18)12-19(13)11-14-7-8-16-3-2-4-17(16)9-14/h7-9,13,15H,2-6,10-12,18H2,1H3. The number of likely N-dealkylation sites (tertiary alicyclic amines) is 1. The van der Waals surface area contributed by atoms with Crippen molar-refractivity contribution in [1.29, 1.82) is 0 Å². The highest BCUT2D eigenvalue weighted by Crippen LogP contribution is 2.26. The van der Waals surface area contributed by atoms with Gasteiger partial charge in [0, 0.05) is 19.1 Å². The maximum Gasteiger partial charge on any atom is 0.0236 e. The van der Waals surface area contributed by atoms with Gasteiger partial charge in [-0.2, -0.15) is 0 Å². The molecule has 1 heterocycles. The first-order valence-electron chi connectivity index (χ1n) is 7.81. The lowest BCUT2D eigenvalue weighted by Gasteiger charge is -2.37. The van der Waals surface area contributed by atoms with E-state index >= 15 is 0 Å². The van der Waals surface area contributed by atoms with Crippen molar-refractivity contribution in [1.82, 2.24) is 4.90 Å². The summed E-state index contributed by atoms with van der Waals surface area (Å²) in [7, 11) is 0. The molecule has 0 spiro atoms. The second-order valence-electron chi connectivity index (χ2n) is 6.41. The van der Waals surface area contributed by atoms with Crippen LogP contribution < -0.4 is 5.73 Å². The van der Waals surface area contributed by atoms with E-state index in [1.54, 1.807) is 11.1 Å². The van der Waals surface area contributed by atoms with Crippen molar-refractivity contribution in [3.05, 3.63) is 34.9 Å². The van der Waals surface area contributed by atoms with Crippen LogP contribution in [0.1, 0.15) is 42.9 Å². The third-order valence-corrected chi connectivity index (χ3v) is 4.99. The lowest BCUT2D eigenvalue weighted by Crippen LogP contribution is -2.43. The average molecular weight is 258 g/mol. The van der Waals surface area contributed by atoms with Crippen molar-refractivity contribution in [2.75, 3.05) is 13.1 Å². The van der Waals surface area contributed by atoms with Crippen molar-refractivity contribution in [3.8, 4) is 0 Å². The molecule has 2 atom stereocenters. The van der Waals surface area contributed by atoms with E-state index in [1.165, 1.54) is 44.2 Å². The van der Waals surface area contributed by atoms with Crippen molar-refractivity contribution in [3.63, 3.8) is 0 Å². The van der Waals surface area contributed by atoms with Gasteiger partial charge in [-0.3, -0.25) is 4.90 Å². The lowest BCUT2D eigenvalue weighted by atomic mass is 9.93. The fraction of sp³-hybridized carbons (Fsp3) is 0.647. The molecule has 1 aliphatic heterocycles. The molecule has 1 aromatic carbocycles. The maximum absolute atomic E-state index is 5.85. The van der Waals surface area contributed by atoms with Crippen LogP contribution >= 0.6 is 0 Å². The molecule has 104 valence electrons. The largest absolute Gasteiger partial charge is 0.330 e. The summed E-state index contributed by atoms with van der Waals surface area (Å²) in [5, 5.41) is 0. The van der Waals surface area contributed by atoms with E-state index in [4.69, 9.17) is 5.73 Å². The topological polar surface area (TPSA) is 29.3 Å². The number of hydrogen-bond donors (Lipinski definition) is 1. The summed E-state index contributed by atoms with van der Waals surface area (Å²) in [6.45, 7) is 5.48. The number of fused-ring (bicyclic) bond motifs is 1. The number of nitrogens with two attached hydrogens (primary N) is 1. The van der Waals surface area contributed by atoms with Crippen LogP contribution in [0, 0.1) is 5.92 Å². The maximum atomic E-state index is 5.85. The van der Waals surface area contributed by atoms with Gasteiger partial charge in [-0.05, 0) is 68.2 Å². The first kappa shape index (κ1) is 13.1. The van der Waals surface area contributed by atoms with Crippen molar-refractivity contribution >= 4 is 0 Å². The van der Waals surface area contributed by atoms with Crippen LogP contribution in [0.4, 0.5) is 0 Å². The summed E-state index contributed by atoms with van der Waals surface area (Å²) < 4.78 is 0. The highest BCUT2D eigenvalue weighted by molar-refractivity contribution is 5.35. The molecule has 0 saturated carbocycles. The minimum Gasteiger partial charge on any atom is -0.330 e. The third kappa shape index (κ3) is 2.85. The van der Waals surface area contributed by atoms with Gasteiger partial charge in [0.25, 0.3) is 0 Å². The van der Waals surface area contributed by atoms with E-state index in [2.05, 4.69) is 30.0 Å². The van der Waals surface area contributed by atoms with Crippen molar-refractivity contribution in [2.24, 2.45) is 11.7 Å². The SMILES string of the molecule is CC1CCC(CN)CN1Cc1ccc2c(c1)CCC2. The van der Waals surface area contributed by atoms with Crippen LogP contribution in [0.3, 0.4) is 0 Å². The van der Waals surface area contributed by atoms with E-state index in [0.717, 1.165) is 13.1 Å². The van der Waals surface area contributed by atoms with E-state index in [0.29, 0.717) is 12.0 Å². The summed E-state index contributed by atoms with van der Waals surface area (Å²) in [5.41, 5.74) is 10.5.